The normalized spacial score (nSPS) is 40.3. The molecule has 4 aliphatic carbocycles. The molecule has 8 atom stereocenters. The highest BCUT2D eigenvalue weighted by Crippen LogP contribution is 2.69. The maximum absolute atomic E-state index is 13.7. The first kappa shape index (κ1) is 27.0. The van der Waals surface area contributed by atoms with Gasteiger partial charge >= 0.3 is 11.9 Å². The summed E-state index contributed by atoms with van der Waals surface area (Å²) in [6.07, 6.45) is 6.52. The van der Waals surface area contributed by atoms with Crippen molar-refractivity contribution in [2.45, 2.75) is 104 Å². The van der Waals surface area contributed by atoms with Gasteiger partial charge in [0.05, 0.1) is 12.5 Å². The van der Waals surface area contributed by atoms with Gasteiger partial charge in [-0.1, -0.05) is 33.3 Å². The number of carbonyl (C=O) groups excluding carboxylic acids is 4. The van der Waals surface area contributed by atoms with Gasteiger partial charge in [0, 0.05) is 18.8 Å². The monoisotopic (exact) mass is 502 g/mol. The van der Waals surface area contributed by atoms with E-state index in [1.54, 1.807) is 6.92 Å². The van der Waals surface area contributed by atoms with Crippen LogP contribution in [0, 0.1) is 34.5 Å². The summed E-state index contributed by atoms with van der Waals surface area (Å²) < 4.78 is 11.2. The van der Waals surface area contributed by atoms with E-state index in [0.717, 1.165) is 32.1 Å². The largest absolute Gasteiger partial charge is 0.458 e. The number of aliphatic hydroxyl groups excluding tert-OH is 1. The first-order chi connectivity index (χ1) is 16.9. The fourth-order valence-corrected chi connectivity index (χ4v) is 8.52. The number of rotatable bonds is 7. The second-order valence-corrected chi connectivity index (χ2v) is 12.3. The zero-order chi connectivity index (χ0) is 26.5. The predicted molar refractivity (Wildman–Crippen MR) is 133 cm³/mol. The van der Waals surface area contributed by atoms with Crippen LogP contribution in [0.3, 0.4) is 0 Å². The Morgan fingerprint density at radius 2 is 1.83 bits per heavy atom. The van der Waals surface area contributed by atoms with Crippen molar-refractivity contribution in [1.82, 2.24) is 0 Å². The number of esters is 2. The van der Waals surface area contributed by atoms with Crippen LogP contribution in [0.15, 0.2) is 11.6 Å². The molecule has 0 bridgehead atoms. The Hall–Kier alpha value is -2.02. The Morgan fingerprint density at radius 3 is 2.50 bits per heavy atom. The minimum atomic E-state index is -1.37. The molecule has 7 nitrogen and oxygen atoms in total. The number of hydrogen-bond acceptors (Lipinski definition) is 7. The summed E-state index contributed by atoms with van der Waals surface area (Å²) in [5.74, 6) is -0.0124. The zero-order valence-corrected chi connectivity index (χ0v) is 22.4. The van der Waals surface area contributed by atoms with Crippen molar-refractivity contribution in [2.24, 2.45) is 34.5 Å². The molecule has 0 aromatic heterocycles. The Morgan fingerprint density at radius 1 is 1.14 bits per heavy atom. The van der Waals surface area contributed by atoms with Crippen LogP contribution in [-0.2, 0) is 28.7 Å². The van der Waals surface area contributed by atoms with Gasteiger partial charge in [-0.15, -0.1) is 0 Å². The van der Waals surface area contributed by atoms with Crippen LogP contribution in [-0.4, -0.2) is 46.9 Å². The predicted octanol–water partition coefficient (Wildman–Crippen LogP) is 4.34. The summed E-state index contributed by atoms with van der Waals surface area (Å²) >= 11 is 0. The molecule has 0 heterocycles. The van der Waals surface area contributed by atoms with E-state index in [1.807, 2.05) is 6.08 Å². The van der Waals surface area contributed by atoms with Crippen molar-refractivity contribution < 1.29 is 33.8 Å². The van der Waals surface area contributed by atoms with E-state index in [4.69, 9.17) is 9.47 Å². The molecule has 7 heteroatoms. The minimum Gasteiger partial charge on any atom is -0.458 e. The number of carbonyl (C=O) groups is 4. The summed E-state index contributed by atoms with van der Waals surface area (Å²) in [5, 5.41) is 10.1. The molecule has 3 fully saturated rings. The van der Waals surface area contributed by atoms with Crippen LogP contribution < -0.4 is 0 Å². The number of allylic oxidation sites excluding steroid dienone is 1. The highest BCUT2D eigenvalue weighted by atomic mass is 16.6. The van der Waals surface area contributed by atoms with Gasteiger partial charge in [0.15, 0.2) is 18.0 Å². The van der Waals surface area contributed by atoms with E-state index < -0.39 is 35.7 Å². The fraction of sp³-hybridized carbons (Fsp3) is 0.793. The molecule has 200 valence electrons. The Bertz CT molecular complexity index is 969. The van der Waals surface area contributed by atoms with Gasteiger partial charge in [-0.25, -0.2) is 0 Å². The molecule has 0 aromatic rings. The highest BCUT2D eigenvalue weighted by molar-refractivity contribution is 5.93. The van der Waals surface area contributed by atoms with Crippen molar-refractivity contribution in [3.05, 3.63) is 11.6 Å². The maximum Gasteiger partial charge on any atom is 0.309 e. The van der Waals surface area contributed by atoms with Gasteiger partial charge in [0.25, 0.3) is 0 Å². The number of Topliss-reactive ketones (excluding diaryl/α,β-unsaturated/α-hetero) is 1. The van der Waals surface area contributed by atoms with E-state index in [9.17, 15) is 24.3 Å². The van der Waals surface area contributed by atoms with E-state index >= 15 is 0 Å². The minimum absolute atomic E-state index is 0.0213. The van der Waals surface area contributed by atoms with Crippen LogP contribution in [0.5, 0.6) is 0 Å². The van der Waals surface area contributed by atoms with E-state index in [2.05, 4.69) is 20.8 Å². The third-order valence-corrected chi connectivity index (χ3v) is 10.4. The molecule has 36 heavy (non-hydrogen) atoms. The summed E-state index contributed by atoms with van der Waals surface area (Å²) in [4.78, 5) is 50.4. The second kappa shape index (κ2) is 9.70. The third-order valence-electron chi connectivity index (χ3n) is 10.4. The van der Waals surface area contributed by atoms with Crippen LogP contribution in [0.25, 0.3) is 0 Å². The third kappa shape index (κ3) is 4.25. The molecule has 0 spiro atoms. The molecule has 3 saturated carbocycles. The molecule has 0 aromatic carbocycles. The summed E-state index contributed by atoms with van der Waals surface area (Å²) in [6, 6.07) is 0. The van der Waals surface area contributed by atoms with Crippen molar-refractivity contribution in [3.8, 4) is 0 Å². The lowest BCUT2D eigenvalue weighted by molar-refractivity contribution is -0.194. The van der Waals surface area contributed by atoms with Gasteiger partial charge in [-0.2, -0.15) is 0 Å². The molecule has 0 radical (unpaired) electrons. The lowest BCUT2D eigenvalue weighted by Gasteiger charge is -2.60. The molecule has 4 rings (SSSR count). The number of aliphatic hydroxyl groups is 1. The lowest BCUT2D eigenvalue weighted by Crippen LogP contribution is -2.60. The number of fused-ring (bicyclic) bond motifs is 5. The number of ether oxygens (including phenoxy) is 2. The van der Waals surface area contributed by atoms with Gasteiger partial charge in [0.1, 0.15) is 0 Å². The summed E-state index contributed by atoms with van der Waals surface area (Å²) in [7, 11) is 0. The van der Waals surface area contributed by atoms with E-state index in [1.165, 1.54) is 12.5 Å². The number of ketones is 2. The van der Waals surface area contributed by atoms with Crippen LogP contribution >= 0.6 is 0 Å². The van der Waals surface area contributed by atoms with Gasteiger partial charge in [0.2, 0.25) is 5.78 Å². The first-order valence-electron chi connectivity index (χ1n) is 13.7. The van der Waals surface area contributed by atoms with Crippen molar-refractivity contribution in [2.75, 3.05) is 6.61 Å². The molecule has 0 aliphatic heterocycles. The first-order valence-corrected chi connectivity index (χ1v) is 13.7. The molecular weight excluding hydrogens is 460 g/mol. The fourth-order valence-electron chi connectivity index (χ4n) is 8.52. The summed E-state index contributed by atoms with van der Waals surface area (Å²) in [6.45, 7) is 9.25. The zero-order valence-electron chi connectivity index (χ0n) is 22.4. The van der Waals surface area contributed by atoms with Gasteiger partial charge in [-0.05, 0) is 80.1 Å². The van der Waals surface area contributed by atoms with Crippen LogP contribution in [0.4, 0.5) is 0 Å². The molecule has 1 N–H and O–H groups in total. The van der Waals surface area contributed by atoms with Crippen molar-refractivity contribution >= 4 is 23.5 Å². The SMILES string of the molecule is CCC(O)CC(=O)O[C@]1(C(=O)COC(C)=O)CC[C@H]2[C@@H]3C[C@H](C)C4=CC(=O)CC[C@]4(C)[C@H]3CC[C@@]21C. The number of hydrogen-bond donors (Lipinski definition) is 1. The Kier molecular flexibility index (Phi) is 7.28. The van der Waals surface area contributed by atoms with Crippen LogP contribution in [0.2, 0.25) is 0 Å². The van der Waals surface area contributed by atoms with Crippen LogP contribution in [0.1, 0.15) is 92.4 Å². The van der Waals surface area contributed by atoms with E-state index in [0.29, 0.717) is 31.1 Å². The topological polar surface area (TPSA) is 107 Å². The Labute approximate surface area is 214 Å². The van der Waals surface area contributed by atoms with Crippen molar-refractivity contribution in [1.29, 1.82) is 0 Å². The summed E-state index contributed by atoms with van der Waals surface area (Å²) in [5.41, 5.74) is -0.684. The van der Waals surface area contributed by atoms with Crippen molar-refractivity contribution in [3.63, 3.8) is 0 Å². The smallest absolute Gasteiger partial charge is 0.309 e. The average Bonchev–Trinajstić information content (AvgIpc) is 3.11. The molecule has 0 amide bonds. The van der Waals surface area contributed by atoms with Gasteiger partial charge in [-0.3, -0.25) is 19.2 Å². The quantitative estimate of drug-likeness (QED) is 0.516. The highest BCUT2D eigenvalue weighted by Gasteiger charge is 2.69. The maximum atomic E-state index is 13.7. The average molecular weight is 503 g/mol. The van der Waals surface area contributed by atoms with Gasteiger partial charge < -0.3 is 14.6 Å². The molecule has 0 saturated heterocycles. The molecule has 4 aliphatic rings. The second-order valence-electron chi connectivity index (χ2n) is 12.3. The Balaban J connectivity index is 1.68. The van der Waals surface area contributed by atoms with E-state index in [-0.39, 0.29) is 35.2 Å². The standard InChI is InChI=1S/C29H42O7/c1-6-19(31)15-26(34)36-29(25(33)16-35-18(3)30)12-9-23-21-13-17(2)24-14-20(32)7-10-27(24,4)22(21)8-11-28(23,29)5/h14,17,19,21-23,31H,6-13,15-16H2,1-5H3/t17-,19?,21+,22-,23-,27+,28-,29-/m0/s1. The molecule has 1 unspecified atom stereocenters. The molecular formula is C29H42O7. The lowest BCUT2D eigenvalue weighted by atomic mass is 9.44.